The van der Waals surface area contributed by atoms with Crippen molar-refractivity contribution >= 4 is 11.3 Å². The van der Waals surface area contributed by atoms with E-state index in [9.17, 15) is 0 Å². The SMILES string of the molecule is Cc1cc2ncc3c(n2n1)C[C@H]1CC[C@H]3N1Cc1ccc(N(C)CCO)cc1. The molecule has 0 amide bonds. The van der Waals surface area contributed by atoms with E-state index in [1.54, 1.807) is 0 Å². The summed E-state index contributed by atoms with van der Waals surface area (Å²) in [5.74, 6) is 0. The van der Waals surface area contributed by atoms with E-state index >= 15 is 0 Å². The second kappa shape index (κ2) is 6.87. The van der Waals surface area contributed by atoms with Crippen molar-refractivity contribution in [2.24, 2.45) is 0 Å². The lowest BCUT2D eigenvalue weighted by Gasteiger charge is -2.36. The van der Waals surface area contributed by atoms with Crippen LogP contribution in [-0.4, -0.2) is 50.8 Å². The fraction of sp³-hybridized carbons (Fsp3) is 0.455. The van der Waals surface area contributed by atoms with Gasteiger partial charge in [-0.3, -0.25) is 4.90 Å². The molecule has 2 bridgehead atoms. The molecule has 2 aliphatic heterocycles. The highest BCUT2D eigenvalue weighted by molar-refractivity contribution is 5.47. The van der Waals surface area contributed by atoms with E-state index in [-0.39, 0.29) is 6.61 Å². The number of aliphatic hydroxyl groups excluding tert-OH is 1. The second-order valence-electron chi connectivity index (χ2n) is 8.15. The van der Waals surface area contributed by atoms with Gasteiger partial charge in [-0.2, -0.15) is 5.10 Å². The first-order valence-corrected chi connectivity index (χ1v) is 10.1. The molecule has 0 radical (unpaired) electrons. The van der Waals surface area contributed by atoms with Gasteiger partial charge >= 0.3 is 0 Å². The Morgan fingerprint density at radius 2 is 2.04 bits per heavy atom. The first-order valence-electron chi connectivity index (χ1n) is 10.1. The van der Waals surface area contributed by atoms with E-state index < -0.39 is 0 Å². The Morgan fingerprint density at radius 1 is 1.21 bits per heavy atom. The van der Waals surface area contributed by atoms with Crippen LogP contribution in [0, 0.1) is 6.92 Å². The molecule has 5 rings (SSSR count). The number of rotatable bonds is 5. The molecular formula is C22H27N5O. The van der Waals surface area contributed by atoms with Gasteiger partial charge in [0.15, 0.2) is 5.65 Å². The predicted molar refractivity (Wildman–Crippen MR) is 110 cm³/mol. The number of likely N-dealkylation sites (N-methyl/N-ethyl adjacent to an activating group) is 1. The van der Waals surface area contributed by atoms with Gasteiger partial charge in [-0.1, -0.05) is 12.1 Å². The van der Waals surface area contributed by atoms with Crippen LogP contribution in [0.3, 0.4) is 0 Å². The van der Waals surface area contributed by atoms with Crippen LogP contribution in [0.5, 0.6) is 0 Å². The molecule has 3 aromatic rings. The first-order chi connectivity index (χ1) is 13.6. The summed E-state index contributed by atoms with van der Waals surface area (Å²) in [6.07, 6.45) is 5.56. The molecule has 2 aromatic heterocycles. The maximum Gasteiger partial charge on any atom is 0.155 e. The van der Waals surface area contributed by atoms with Gasteiger partial charge < -0.3 is 10.0 Å². The molecule has 4 heterocycles. The number of aliphatic hydroxyl groups is 1. The molecule has 1 N–H and O–H groups in total. The number of nitrogens with zero attached hydrogens (tertiary/aromatic N) is 5. The summed E-state index contributed by atoms with van der Waals surface area (Å²) in [5, 5.41) is 13.8. The summed E-state index contributed by atoms with van der Waals surface area (Å²) in [7, 11) is 2.01. The number of fused-ring (bicyclic) bond motifs is 6. The van der Waals surface area contributed by atoms with Crippen molar-refractivity contribution < 1.29 is 5.11 Å². The second-order valence-corrected chi connectivity index (χ2v) is 8.15. The standard InChI is InChI=1S/C22H27N5O/c1-15-11-22-23-13-19-20-8-7-18(12-21(19)27(22)24-15)26(20)14-16-3-5-17(6-4-16)25(2)9-10-28/h3-6,11,13,18,20,28H,7-10,12,14H2,1-2H3/t18-,20-/m1/s1. The maximum atomic E-state index is 9.12. The van der Waals surface area contributed by atoms with Crippen molar-refractivity contribution in [3.63, 3.8) is 0 Å². The zero-order valence-electron chi connectivity index (χ0n) is 16.5. The summed E-state index contributed by atoms with van der Waals surface area (Å²) in [6.45, 7) is 3.83. The molecule has 6 heteroatoms. The minimum Gasteiger partial charge on any atom is -0.395 e. The molecule has 0 unspecified atom stereocenters. The minimum atomic E-state index is 0.172. The van der Waals surface area contributed by atoms with Crippen LogP contribution in [0.25, 0.3) is 5.65 Å². The van der Waals surface area contributed by atoms with Crippen molar-refractivity contribution in [1.29, 1.82) is 0 Å². The molecule has 0 aliphatic carbocycles. The summed E-state index contributed by atoms with van der Waals surface area (Å²) in [4.78, 5) is 9.40. The van der Waals surface area contributed by atoms with Crippen LogP contribution in [0.15, 0.2) is 36.5 Å². The third kappa shape index (κ3) is 2.88. The maximum absolute atomic E-state index is 9.12. The number of aryl methyl sites for hydroxylation is 1. The summed E-state index contributed by atoms with van der Waals surface area (Å²) in [6, 6.07) is 11.8. The van der Waals surface area contributed by atoms with Gasteiger partial charge in [-0.15, -0.1) is 0 Å². The average molecular weight is 377 g/mol. The van der Waals surface area contributed by atoms with Gasteiger partial charge in [-0.05, 0) is 37.5 Å². The quantitative estimate of drug-likeness (QED) is 0.741. The van der Waals surface area contributed by atoms with Gasteiger partial charge in [0, 0.05) is 62.2 Å². The van der Waals surface area contributed by atoms with Crippen LogP contribution in [0.1, 0.15) is 41.4 Å². The van der Waals surface area contributed by atoms with Crippen molar-refractivity contribution in [3.8, 4) is 0 Å². The molecule has 0 saturated carbocycles. The number of hydrogen-bond acceptors (Lipinski definition) is 5. The topological polar surface area (TPSA) is 56.9 Å². The summed E-state index contributed by atoms with van der Waals surface area (Å²) >= 11 is 0. The van der Waals surface area contributed by atoms with E-state index in [1.807, 2.05) is 14.0 Å². The third-order valence-electron chi connectivity index (χ3n) is 6.35. The molecule has 2 aliphatic rings. The lowest BCUT2D eigenvalue weighted by molar-refractivity contribution is 0.165. The highest BCUT2D eigenvalue weighted by Crippen LogP contribution is 2.44. The van der Waals surface area contributed by atoms with Crippen LogP contribution in [0.2, 0.25) is 0 Å². The third-order valence-corrected chi connectivity index (χ3v) is 6.35. The van der Waals surface area contributed by atoms with Crippen LogP contribution < -0.4 is 4.90 Å². The molecule has 1 fully saturated rings. The minimum absolute atomic E-state index is 0.172. The van der Waals surface area contributed by atoms with E-state index in [0.29, 0.717) is 18.6 Å². The van der Waals surface area contributed by atoms with Gasteiger partial charge in [0.05, 0.1) is 18.0 Å². The van der Waals surface area contributed by atoms with Crippen molar-refractivity contribution in [3.05, 3.63) is 59.0 Å². The Hall–Kier alpha value is -2.44. The number of hydrogen-bond donors (Lipinski definition) is 1. The molecule has 1 aromatic carbocycles. The number of aromatic nitrogens is 3. The molecule has 6 nitrogen and oxygen atoms in total. The smallest absolute Gasteiger partial charge is 0.155 e. The monoisotopic (exact) mass is 377 g/mol. The van der Waals surface area contributed by atoms with Crippen molar-refractivity contribution in [2.75, 3.05) is 25.1 Å². The fourth-order valence-corrected chi connectivity index (χ4v) is 4.89. The van der Waals surface area contributed by atoms with Crippen LogP contribution in [-0.2, 0) is 13.0 Å². The van der Waals surface area contributed by atoms with Crippen LogP contribution >= 0.6 is 0 Å². The van der Waals surface area contributed by atoms with E-state index in [0.717, 1.165) is 30.0 Å². The van der Waals surface area contributed by atoms with Gasteiger partial charge in [0.2, 0.25) is 0 Å². The van der Waals surface area contributed by atoms with Crippen molar-refractivity contribution in [1.82, 2.24) is 19.5 Å². The fourth-order valence-electron chi connectivity index (χ4n) is 4.89. The zero-order chi connectivity index (χ0) is 19.3. The Kier molecular flexibility index (Phi) is 4.33. The highest BCUT2D eigenvalue weighted by atomic mass is 16.3. The first kappa shape index (κ1) is 17.6. The Labute approximate surface area is 165 Å². The van der Waals surface area contributed by atoms with E-state index in [1.165, 1.54) is 29.7 Å². The predicted octanol–water partition coefficient (Wildman–Crippen LogP) is 2.73. The van der Waals surface area contributed by atoms with E-state index in [2.05, 4.69) is 60.9 Å². The van der Waals surface area contributed by atoms with Crippen LogP contribution in [0.4, 0.5) is 5.69 Å². The summed E-state index contributed by atoms with van der Waals surface area (Å²) in [5.41, 5.74) is 7.18. The summed E-state index contributed by atoms with van der Waals surface area (Å²) < 4.78 is 2.07. The van der Waals surface area contributed by atoms with Gasteiger partial charge in [-0.25, -0.2) is 9.50 Å². The number of anilines is 1. The number of benzene rings is 1. The largest absolute Gasteiger partial charge is 0.395 e. The molecule has 2 atom stereocenters. The molecule has 146 valence electrons. The van der Waals surface area contributed by atoms with Crippen molar-refractivity contribution in [2.45, 2.75) is 44.8 Å². The highest BCUT2D eigenvalue weighted by Gasteiger charge is 2.41. The Bertz CT molecular complexity index is 996. The average Bonchev–Trinajstić information content (AvgIpc) is 3.20. The van der Waals surface area contributed by atoms with E-state index in [4.69, 9.17) is 5.11 Å². The lowest BCUT2D eigenvalue weighted by atomic mass is 9.98. The Morgan fingerprint density at radius 3 is 2.82 bits per heavy atom. The molecular weight excluding hydrogens is 350 g/mol. The van der Waals surface area contributed by atoms with Gasteiger partial charge in [0.25, 0.3) is 0 Å². The Balaban J connectivity index is 1.40. The normalized spacial score (nSPS) is 21.2. The zero-order valence-corrected chi connectivity index (χ0v) is 16.5. The molecule has 0 spiro atoms. The molecule has 1 saturated heterocycles. The molecule has 28 heavy (non-hydrogen) atoms. The lowest BCUT2D eigenvalue weighted by Crippen LogP contribution is -2.38. The van der Waals surface area contributed by atoms with Gasteiger partial charge in [0.1, 0.15) is 0 Å².